The molecule has 0 fully saturated rings. The molecule has 0 bridgehead atoms. The highest BCUT2D eigenvalue weighted by atomic mass is 16.1. The van der Waals surface area contributed by atoms with E-state index < -0.39 is 0 Å². The first kappa shape index (κ1) is 27.4. The normalized spacial score (nSPS) is 12.4. The van der Waals surface area contributed by atoms with Crippen LogP contribution in [0.15, 0.2) is 0 Å². The molecule has 168 valence electrons. The topological polar surface area (TPSA) is 69.1 Å². The monoisotopic (exact) mass is 396 g/mol. The molecule has 3 nitrogen and oxygen atoms in total. The van der Waals surface area contributed by atoms with Gasteiger partial charge >= 0.3 is 0 Å². The fourth-order valence-electron chi connectivity index (χ4n) is 4.09. The van der Waals surface area contributed by atoms with Gasteiger partial charge in [-0.1, -0.05) is 122 Å². The first-order valence-electron chi connectivity index (χ1n) is 12.7. The van der Waals surface area contributed by atoms with Crippen LogP contribution in [0, 0.1) is 5.92 Å². The van der Waals surface area contributed by atoms with E-state index in [4.69, 9.17) is 11.5 Å². The fraction of sp³-hybridized carbons (Fsp3) is 0.960. The van der Waals surface area contributed by atoms with Crippen molar-refractivity contribution in [3.8, 4) is 0 Å². The van der Waals surface area contributed by atoms with E-state index in [9.17, 15) is 4.79 Å². The number of hydrogen-bond donors (Lipinski definition) is 2. The van der Waals surface area contributed by atoms with E-state index in [1.54, 1.807) is 0 Å². The molecule has 0 spiro atoms. The molecule has 4 N–H and O–H groups in total. The van der Waals surface area contributed by atoms with E-state index >= 15 is 0 Å². The molecule has 0 aromatic carbocycles. The average Bonchev–Trinajstić information content (AvgIpc) is 2.69. The van der Waals surface area contributed by atoms with Crippen LogP contribution in [0.3, 0.4) is 0 Å². The van der Waals surface area contributed by atoms with Crippen LogP contribution in [0.1, 0.15) is 142 Å². The minimum Gasteiger partial charge on any atom is -0.369 e. The number of rotatable bonds is 23. The Morgan fingerprint density at radius 2 is 0.893 bits per heavy atom. The van der Waals surface area contributed by atoms with E-state index in [2.05, 4.69) is 6.92 Å². The molecule has 0 radical (unpaired) electrons. The summed E-state index contributed by atoms with van der Waals surface area (Å²) in [5.74, 6) is -0.0926. The number of carbonyl (C=O) groups is 1. The zero-order valence-electron chi connectivity index (χ0n) is 19.2. The van der Waals surface area contributed by atoms with Gasteiger partial charge in [-0.25, -0.2) is 0 Å². The van der Waals surface area contributed by atoms with Crippen LogP contribution in [-0.4, -0.2) is 12.5 Å². The molecule has 0 heterocycles. The molecule has 1 unspecified atom stereocenters. The van der Waals surface area contributed by atoms with Gasteiger partial charge in [-0.15, -0.1) is 0 Å². The lowest BCUT2D eigenvalue weighted by molar-refractivity contribution is -0.122. The molecule has 1 amide bonds. The zero-order chi connectivity index (χ0) is 20.7. The Labute approximate surface area is 176 Å². The van der Waals surface area contributed by atoms with Crippen molar-refractivity contribution in [3.63, 3.8) is 0 Å². The lowest BCUT2D eigenvalue weighted by Gasteiger charge is -2.12. The second-order valence-electron chi connectivity index (χ2n) is 8.83. The highest BCUT2D eigenvalue weighted by Gasteiger charge is 2.13. The number of hydrogen-bond acceptors (Lipinski definition) is 2. The summed E-state index contributed by atoms with van der Waals surface area (Å²) in [4.78, 5) is 11.4. The largest absolute Gasteiger partial charge is 0.369 e. The third-order valence-corrected chi connectivity index (χ3v) is 6.07. The van der Waals surface area contributed by atoms with E-state index in [1.807, 2.05) is 0 Å². The summed E-state index contributed by atoms with van der Waals surface area (Å²) in [6.07, 6.45) is 27.8. The van der Waals surface area contributed by atoms with Crippen molar-refractivity contribution < 1.29 is 4.79 Å². The summed E-state index contributed by atoms with van der Waals surface area (Å²) in [5.41, 5.74) is 11.0. The lowest BCUT2D eigenvalue weighted by atomic mass is 9.95. The Bertz CT molecular complexity index is 320. The minimum atomic E-state index is -0.138. The van der Waals surface area contributed by atoms with Crippen molar-refractivity contribution >= 4 is 5.91 Å². The third-order valence-electron chi connectivity index (χ3n) is 6.07. The van der Waals surface area contributed by atoms with Crippen LogP contribution in [0.25, 0.3) is 0 Å². The van der Waals surface area contributed by atoms with Crippen LogP contribution < -0.4 is 11.5 Å². The van der Waals surface area contributed by atoms with E-state index in [-0.39, 0.29) is 11.8 Å². The Balaban J connectivity index is 3.20. The number of carbonyl (C=O) groups excluding carboxylic acids is 1. The predicted octanol–water partition coefficient (Wildman–Crippen LogP) is 7.26. The van der Waals surface area contributed by atoms with Gasteiger partial charge in [0.15, 0.2) is 0 Å². The van der Waals surface area contributed by atoms with Crippen LogP contribution in [0.2, 0.25) is 0 Å². The molecular formula is C25H52N2O. The van der Waals surface area contributed by atoms with Gasteiger partial charge in [-0.2, -0.15) is 0 Å². The van der Waals surface area contributed by atoms with Crippen molar-refractivity contribution in [2.75, 3.05) is 6.54 Å². The van der Waals surface area contributed by atoms with Crippen LogP contribution in [-0.2, 0) is 4.79 Å². The molecule has 0 aliphatic rings. The van der Waals surface area contributed by atoms with Crippen molar-refractivity contribution in [1.29, 1.82) is 0 Å². The molecular weight excluding hydrogens is 344 g/mol. The molecule has 0 aliphatic carbocycles. The number of amides is 1. The first-order chi connectivity index (χ1) is 13.7. The maximum Gasteiger partial charge on any atom is 0.220 e. The summed E-state index contributed by atoms with van der Waals surface area (Å²) in [5, 5.41) is 0. The van der Waals surface area contributed by atoms with Gasteiger partial charge in [-0.05, 0) is 25.8 Å². The van der Waals surface area contributed by atoms with Gasteiger partial charge in [0, 0.05) is 5.92 Å². The number of unbranched alkanes of at least 4 members (excludes halogenated alkanes) is 17. The standard InChI is InChI=1S/C25H52N2O/c1-2-3-4-5-6-7-8-9-10-11-12-13-14-15-16-17-18-19-21-24(25(27)28)22-20-23-26/h24H,2-23,26H2,1H3,(H2,27,28). The molecule has 3 heteroatoms. The van der Waals surface area contributed by atoms with Crippen LogP contribution >= 0.6 is 0 Å². The Morgan fingerprint density at radius 1 is 0.571 bits per heavy atom. The summed E-state index contributed by atoms with van der Waals surface area (Å²) in [7, 11) is 0. The summed E-state index contributed by atoms with van der Waals surface area (Å²) < 4.78 is 0. The molecule has 0 aliphatic heterocycles. The van der Waals surface area contributed by atoms with Crippen molar-refractivity contribution in [3.05, 3.63) is 0 Å². The molecule has 0 aromatic heterocycles. The molecule has 0 saturated carbocycles. The van der Waals surface area contributed by atoms with E-state index in [0.29, 0.717) is 6.54 Å². The van der Waals surface area contributed by atoms with Gasteiger partial charge in [0.25, 0.3) is 0 Å². The van der Waals surface area contributed by atoms with Gasteiger partial charge in [0.1, 0.15) is 0 Å². The van der Waals surface area contributed by atoms with Crippen molar-refractivity contribution in [2.24, 2.45) is 17.4 Å². The zero-order valence-corrected chi connectivity index (χ0v) is 19.2. The summed E-state index contributed by atoms with van der Waals surface area (Å²) >= 11 is 0. The molecule has 28 heavy (non-hydrogen) atoms. The van der Waals surface area contributed by atoms with Crippen molar-refractivity contribution in [1.82, 2.24) is 0 Å². The van der Waals surface area contributed by atoms with Gasteiger partial charge in [0.05, 0.1) is 0 Å². The number of primary amides is 1. The minimum absolute atomic E-state index is 0.0459. The quantitative estimate of drug-likeness (QED) is 0.178. The van der Waals surface area contributed by atoms with Crippen LogP contribution in [0.5, 0.6) is 0 Å². The van der Waals surface area contributed by atoms with Gasteiger partial charge in [-0.3, -0.25) is 4.79 Å². The summed E-state index contributed by atoms with van der Waals surface area (Å²) in [6, 6.07) is 0. The Morgan fingerprint density at radius 3 is 1.21 bits per heavy atom. The highest BCUT2D eigenvalue weighted by molar-refractivity contribution is 5.76. The van der Waals surface area contributed by atoms with Crippen LogP contribution in [0.4, 0.5) is 0 Å². The number of nitrogens with two attached hydrogens (primary N) is 2. The predicted molar refractivity (Wildman–Crippen MR) is 124 cm³/mol. The Kier molecular flexibility index (Phi) is 22.3. The smallest absolute Gasteiger partial charge is 0.220 e. The first-order valence-corrected chi connectivity index (χ1v) is 12.7. The van der Waals surface area contributed by atoms with E-state index in [0.717, 1.165) is 25.7 Å². The fourth-order valence-corrected chi connectivity index (χ4v) is 4.09. The maximum atomic E-state index is 11.4. The second-order valence-corrected chi connectivity index (χ2v) is 8.83. The third kappa shape index (κ3) is 20.2. The SMILES string of the molecule is CCCCCCCCCCCCCCCCCCCCC(CCCN)C(N)=O. The molecule has 0 rings (SSSR count). The highest BCUT2D eigenvalue weighted by Crippen LogP contribution is 2.17. The maximum absolute atomic E-state index is 11.4. The average molecular weight is 397 g/mol. The second kappa shape index (κ2) is 22.7. The Hall–Kier alpha value is -0.570. The molecule has 0 aromatic rings. The summed E-state index contributed by atoms with van der Waals surface area (Å²) in [6.45, 7) is 2.94. The molecule has 1 atom stereocenters. The van der Waals surface area contributed by atoms with Crippen molar-refractivity contribution in [2.45, 2.75) is 142 Å². The van der Waals surface area contributed by atoms with Gasteiger partial charge < -0.3 is 11.5 Å². The van der Waals surface area contributed by atoms with Gasteiger partial charge in [0.2, 0.25) is 5.91 Å². The lowest BCUT2D eigenvalue weighted by Crippen LogP contribution is -2.24. The molecule has 0 saturated heterocycles. The van der Waals surface area contributed by atoms with E-state index in [1.165, 1.54) is 109 Å².